The molecule has 0 aromatic carbocycles. The van der Waals surface area contributed by atoms with Crippen molar-refractivity contribution in [3.8, 4) is 0 Å². The van der Waals surface area contributed by atoms with Gasteiger partial charge in [-0.15, -0.1) is 0 Å². The number of nitrogen functional groups attached to an aromatic ring is 1. The minimum Gasteiger partial charge on any atom is -0.464 e. The van der Waals surface area contributed by atoms with Crippen LogP contribution in [0.15, 0.2) is 12.3 Å². The Bertz CT molecular complexity index is 344. The average molecular weight is 209 g/mol. The lowest BCUT2D eigenvalue weighted by Crippen LogP contribution is -2.15. The predicted octanol–water partition coefficient (Wildman–Crippen LogP) is 0.809. The second-order valence-corrected chi connectivity index (χ2v) is 3.89. The monoisotopic (exact) mass is 209 g/mol. The van der Waals surface area contributed by atoms with Crippen molar-refractivity contribution in [2.75, 3.05) is 12.3 Å². The van der Waals surface area contributed by atoms with E-state index in [-0.39, 0.29) is 12.5 Å². The van der Waals surface area contributed by atoms with Gasteiger partial charge in [0.25, 0.3) is 0 Å². The van der Waals surface area contributed by atoms with E-state index in [1.165, 1.54) is 17.5 Å². The number of hydrogen-bond donors (Lipinski definition) is 1. The van der Waals surface area contributed by atoms with Gasteiger partial charge in [-0.25, -0.2) is 0 Å². The van der Waals surface area contributed by atoms with Gasteiger partial charge in [-0.3, -0.25) is 9.48 Å². The molecule has 15 heavy (non-hydrogen) atoms. The number of nitrogens with two attached hydrogens (primary N) is 1. The fourth-order valence-corrected chi connectivity index (χ4v) is 1.39. The first-order valence-corrected chi connectivity index (χ1v) is 5.18. The summed E-state index contributed by atoms with van der Waals surface area (Å²) in [7, 11) is 0. The van der Waals surface area contributed by atoms with E-state index in [4.69, 9.17) is 10.5 Å². The molecule has 0 atom stereocenters. The highest BCUT2D eigenvalue weighted by Crippen LogP contribution is 2.32. The Morgan fingerprint density at radius 1 is 1.67 bits per heavy atom. The van der Waals surface area contributed by atoms with Crippen LogP contribution >= 0.6 is 0 Å². The Kier molecular flexibility index (Phi) is 2.89. The molecule has 1 aliphatic rings. The van der Waals surface area contributed by atoms with Crippen LogP contribution in [0.25, 0.3) is 0 Å². The van der Waals surface area contributed by atoms with Gasteiger partial charge in [0.05, 0.1) is 6.61 Å². The van der Waals surface area contributed by atoms with Crippen molar-refractivity contribution in [2.24, 2.45) is 5.92 Å². The van der Waals surface area contributed by atoms with E-state index in [1.807, 2.05) is 0 Å². The lowest BCUT2D eigenvalue weighted by Gasteiger charge is -2.03. The zero-order chi connectivity index (χ0) is 10.7. The van der Waals surface area contributed by atoms with Gasteiger partial charge < -0.3 is 10.5 Å². The molecule has 0 unspecified atom stereocenters. The van der Waals surface area contributed by atoms with E-state index < -0.39 is 0 Å². The number of anilines is 1. The van der Waals surface area contributed by atoms with Crippen molar-refractivity contribution >= 4 is 11.8 Å². The smallest absolute Gasteiger partial charge is 0.327 e. The summed E-state index contributed by atoms with van der Waals surface area (Å²) in [6.45, 7) is 0.669. The van der Waals surface area contributed by atoms with Crippen LogP contribution < -0.4 is 5.73 Å². The molecule has 2 rings (SSSR count). The Balaban J connectivity index is 1.67. The van der Waals surface area contributed by atoms with Gasteiger partial charge in [-0.2, -0.15) is 5.10 Å². The Labute approximate surface area is 88.2 Å². The molecule has 1 aromatic heterocycles. The van der Waals surface area contributed by atoms with Gasteiger partial charge >= 0.3 is 5.97 Å². The molecule has 2 N–H and O–H groups in total. The van der Waals surface area contributed by atoms with E-state index in [0.717, 1.165) is 12.3 Å². The fourth-order valence-electron chi connectivity index (χ4n) is 1.39. The number of aromatic nitrogens is 2. The molecule has 0 amide bonds. The van der Waals surface area contributed by atoms with E-state index in [9.17, 15) is 4.79 Å². The molecule has 0 saturated heterocycles. The van der Waals surface area contributed by atoms with E-state index in [2.05, 4.69) is 5.10 Å². The number of carbonyl (C=O) groups is 1. The van der Waals surface area contributed by atoms with Crippen LogP contribution in [0.4, 0.5) is 5.82 Å². The van der Waals surface area contributed by atoms with Crippen LogP contribution in [-0.4, -0.2) is 22.4 Å². The van der Waals surface area contributed by atoms with Crippen LogP contribution in [0.5, 0.6) is 0 Å². The molecule has 5 heteroatoms. The molecule has 0 aliphatic heterocycles. The summed E-state index contributed by atoms with van der Waals surface area (Å²) < 4.78 is 6.55. The second-order valence-electron chi connectivity index (χ2n) is 3.89. The van der Waals surface area contributed by atoms with Gasteiger partial charge in [0.1, 0.15) is 12.4 Å². The maximum atomic E-state index is 11.3. The number of ether oxygens (including phenoxy) is 1. The summed E-state index contributed by atoms with van der Waals surface area (Å²) in [6.07, 6.45) is 5.23. The third kappa shape index (κ3) is 3.27. The van der Waals surface area contributed by atoms with Gasteiger partial charge in [-0.05, 0) is 18.4 Å². The number of esters is 1. The number of hydrogen-bond acceptors (Lipinski definition) is 4. The van der Waals surface area contributed by atoms with Gasteiger partial charge in [0.15, 0.2) is 0 Å². The first-order chi connectivity index (χ1) is 7.24. The highest BCUT2D eigenvalue weighted by molar-refractivity contribution is 5.69. The predicted molar refractivity (Wildman–Crippen MR) is 54.9 cm³/mol. The van der Waals surface area contributed by atoms with Crippen molar-refractivity contribution in [1.29, 1.82) is 0 Å². The summed E-state index contributed by atoms with van der Waals surface area (Å²) in [5, 5.41) is 3.90. The Hall–Kier alpha value is -1.52. The number of nitrogens with zero attached hydrogens (tertiary/aromatic N) is 2. The molecule has 1 fully saturated rings. The van der Waals surface area contributed by atoms with Crippen LogP contribution in [0.1, 0.15) is 19.3 Å². The average Bonchev–Trinajstić information content (AvgIpc) is 2.91. The van der Waals surface area contributed by atoms with E-state index >= 15 is 0 Å². The molecular weight excluding hydrogens is 194 g/mol. The molecule has 0 radical (unpaired) electrons. The minimum atomic E-state index is -0.251. The molecule has 1 saturated carbocycles. The van der Waals surface area contributed by atoms with E-state index in [1.54, 1.807) is 12.3 Å². The number of rotatable bonds is 5. The van der Waals surface area contributed by atoms with Crippen LogP contribution in [-0.2, 0) is 16.1 Å². The maximum absolute atomic E-state index is 11.3. The summed E-state index contributed by atoms with van der Waals surface area (Å²) in [4.78, 5) is 11.3. The standard InChI is InChI=1S/C10H15N3O2/c11-9-3-5-13(12-9)7-10(14)15-6-4-8-1-2-8/h3,5,8H,1-2,4,6-7H2,(H2,11,12). The number of carbonyl (C=O) groups excluding carboxylic acids is 1. The van der Waals surface area contributed by atoms with Crippen molar-refractivity contribution in [1.82, 2.24) is 9.78 Å². The normalized spacial score (nSPS) is 15.2. The topological polar surface area (TPSA) is 70.1 Å². The van der Waals surface area contributed by atoms with Crippen LogP contribution in [0, 0.1) is 5.92 Å². The first-order valence-electron chi connectivity index (χ1n) is 5.18. The molecule has 82 valence electrons. The molecule has 1 aromatic rings. The minimum absolute atomic E-state index is 0.141. The van der Waals surface area contributed by atoms with Crippen molar-refractivity contribution in [2.45, 2.75) is 25.8 Å². The summed E-state index contributed by atoms with van der Waals surface area (Å²) in [5.41, 5.74) is 5.42. The summed E-state index contributed by atoms with van der Waals surface area (Å²) in [5.74, 6) is 0.956. The fraction of sp³-hybridized carbons (Fsp3) is 0.600. The molecular formula is C10H15N3O2. The van der Waals surface area contributed by atoms with Crippen molar-refractivity contribution < 1.29 is 9.53 Å². The molecule has 0 bridgehead atoms. The van der Waals surface area contributed by atoms with Crippen molar-refractivity contribution in [3.05, 3.63) is 12.3 Å². The highest BCUT2D eigenvalue weighted by Gasteiger charge is 2.21. The summed E-state index contributed by atoms with van der Waals surface area (Å²) >= 11 is 0. The third-order valence-electron chi connectivity index (χ3n) is 2.44. The van der Waals surface area contributed by atoms with Crippen molar-refractivity contribution in [3.63, 3.8) is 0 Å². The first kappa shape index (κ1) is 10.0. The highest BCUT2D eigenvalue weighted by atomic mass is 16.5. The largest absolute Gasteiger partial charge is 0.464 e. The van der Waals surface area contributed by atoms with E-state index in [0.29, 0.717) is 12.4 Å². The zero-order valence-corrected chi connectivity index (χ0v) is 8.56. The quantitative estimate of drug-likeness (QED) is 0.728. The molecule has 5 nitrogen and oxygen atoms in total. The summed E-state index contributed by atoms with van der Waals surface area (Å²) in [6, 6.07) is 1.65. The Morgan fingerprint density at radius 3 is 3.07 bits per heavy atom. The van der Waals surface area contributed by atoms with Crippen LogP contribution in [0.3, 0.4) is 0 Å². The molecule has 0 spiro atoms. The van der Waals surface area contributed by atoms with Gasteiger partial charge in [0, 0.05) is 6.20 Å². The third-order valence-corrected chi connectivity index (χ3v) is 2.44. The van der Waals surface area contributed by atoms with Gasteiger partial charge in [0.2, 0.25) is 0 Å². The molecule has 1 heterocycles. The maximum Gasteiger partial charge on any atom is 0.327 e. The molecule has 1 aliphatic carbocycles. The zero-order valence-electron chi connectivity index (χ0n) is 8.56. The lowest BCUT2D eigenvalue weighted by molar-refractivity contribution is -0.144. The Morgan fingerprint density at radius 2 is 2.47 bits per heavy atom. The lowest BCUT2D eigenvalue weighted by atomic mass is 10.3. The second kappa shape index (κ2) is 4.33. The SMILES string of the molecule is Nc1ccn(CC(=O)OCCC2CC2)n1. The van der Waals surface area contributed by atoms with Gasteiger partial charge in [-0.1, -0.05) is 12.8 Å². The van der Waals surface area contributed by atoms with Crippen LogP contribution in [0.2, 0.25) is 0 Å².